The van der Waals surface area contributed by atoms with Gasteiger partial charge in [0.15, 0.2) is 0 Å². The van der Waals surface area contributed by atoms with Crippen molar-refractivity contribution in [2.24, 2.45) is 5.41 Å². The first kappa shape index (κ1) is 13.3. The Morgan fingerprint density at radius 2 is 1.90 bits per heavy atom. The van der Waals surface area contributed by atoms with Gasteiger partial charge in [0, 0.05) is 23.4 Å². The number of pyridine rings is 1. The minimum atomic E-state index is -0.109. The minimum Gasteiger partial charge on any atom is -0.299 e. The molecule has 0 saturated heterocycles. The van der Waals surface area contributed by atoms with E-state index in [0.29, 0.717) is 12.2 Å². The van der Waals surface area contributed by atoms with E-state index in [-0.39, 0.29) is 5.41 Å². The Morgan fingerprint density at radius 3 is 2.70 bits per heavy atom. The standard InChI is InChI=1S/C18H21NO/c1-18(10-5-2-6-11-18)17(20)13-14-9-12-19-16-8-4-3-7-15(14)16/h3-4,7-9,12H,2,5-6,10-11,13H2,1H3. The van der Waals surface area contributed by atoms with Gasteiger partial charge in [-0.1, -0.05) is 44.4 Å². The predicted octanol–water partition coefficient (Wildman–Crippen LogP) is 4.32. The van der Waals surface area contributed by atoms with Gasteiger partial charge in [0.25, 0.3) is 0 Å². The number of aromatic nitrogens is 1. The molecule has 0 aliphatic heterocycles. The molecule has 104 valence electrons. The van der Waals surface area contributed by atoms with Crippen molar-refractivity contribution in [3.05, 3.63) is 42.1 Å². The number of nitrogens with zero attached hydrogens (tertiary/aromatic N) is 1. The first-order valence-corrected chi connectivity index (χ1v) is 7.55. The van der Waals surface area contributed by atoms with Crippen LogP contribution in [0.15, 0.2) is 36.5 Å². The normalized spacial score (nSPS) is 18.1. The summed E-state index contributed by atoms with van der Waals surface area (Å²) in [4.78, 5) is 17.1. The monoisotopic (exact) mass is 267 g/mol. The average Bonchev–Trinajstić information content (AvgIpc) is 2.48. The maximum atomic E-state index is 12.7. The number of Topliss-reactive ketones (excluding diaryl/α,β-unsaturated/α-hetero) is 1. The molecule has 1 aliphatic carbocycles. The van der Waals surface area contributed by atoms with Crippen LogP contribution in [0.2, 0.25) is 0 Å². The summed E-state index contributed by atoms with van der Waals surface area (Å²) in [5.74, 6) is 0.397. The fraction of sp³-hybridized carbons (Fsp3) is 0.444. The Morgan fingerprint density at radius 1 is 1.15 bits per heavy atom. The quantitative estimate of drug-likeness (QED) is 0.829. The van der Waals surface area contributed by atoms with E-state index in [1.54, 1.807) is 0 Å². The van der Waals surface area contributed by atoms with Crippen LogP contribution in [0, 0.1) is 5.41 Å². The van der Waals surface area contributed by atoms with Gasteiger partial charge >= 0.3 is 0 Å². The molecular formula is C18H21NO. The molecular weight excluding hydrogens is 246 g/mol. The van der Waals surface area contributed by atoms with Crippen LogP contribution in [-0.2, 0) is 11.2 Å². The highest BCUT2D eigenvalue weighted by atomic mass is 16.1. The van der Waals surface area contributed by atoms with E-state index in [0.717, 1.165) is 29.3 Å². The van der Waals surface area contributed by atoms with E-state index < -0.39 is 0 Å². The lowest BCUT2D eigenvalue weighted by molar-refractivity contribution is -0.128. The fourth-order valence-electron chi connectivity index (χ4n) is 3.31. The topological polar surface area (TPSA) is 30.0 Å². The SMILES string of the molecule is CC1(C(=O)Cc2ccnc3ccccc23)CCCCC1. The van der Waals surface area contributed by atoms with Gasteiger partial charge in [-0.2, -0.15) is 0 Å². The van der Waals surface area contributed by atoms with Gasteiger partial charge in [0.2, 0.25) is 0 Å². The van der Waals surface area contributed by atoms with E-state index in [9.17, 15) is 4.79 Å². The molecule has 1 aromatic carbocycles. The zero-order valence-electron chi connectivity index (χ0n) is 12.1. The maximum absolute atomic E-state index is 12.7. The molecule has 0 radical (unpaired) electrons. The molecule has 0 amide bonds. The van der Waals surface area contributed by atoms with Crippen LogP contribution in [0.1, 0.15) is 44.6 Å². The molecule has 1 saturated carbocycles. The van der Waals surface area contributed by atoms with Gasteiger partial charge in [-0.05, 0) is 30.5 Å². The second-order valence-corrected chi connectivity index (χ2v) is 6.21. The molecule has 0 unspecified atom stereocenters. The van der Waals surface area contributed by atoms with Crippen LogP contribution >= 0.6 is 0 Å². The van der Waals surface area contributed by atoms with E-state index >= 15 is 0 Å². The Bertz CT molecular complexity index is 621. The lowest BCUT2D eigenvalue weighted by atomic mass is 9.71. The molecule has 20 heavy (non-hydrogen) atoms. The predicted molar refractivity (Wildman–Crippen MR) is 81.6 cm³/mol. The van der Waals surface area contributed by atoms with Crippen LogP contribution in [-0.4, -0.2) is 10.8 Å². The zero-order chi connectivity index (χ0) is 14.0. The van der Waals surface area contributed by atoms with E-state index in [1.807, 2.05) is 30.5 Å². The highest BCUT2D eigenvalue weighted by Gasteiger charge is 2.34. The molecule has 0 spiro atoms. The highest BCUT2D eigenvalue weighted by molar-refractivity contribution is 5.91. The minimum absolute atomic E-state index is 0.109. The molecule has 0 atom stereocenters. The smallest absolute Gasteiger partial charge is 0.143 e. The summed E-state index contributed by atoms with van der Waals surface area (Å²) in [6, 6.07) is 10.1. The average molecular weight is 267 g/mol. The largest absolute Gasteiger partial charge is 0.299 e. The summed E-state index contributed by atoms with van der Waals surface area (Å²) in [5, 5.41) is 1.11. The maximum Gasteiger partial charge on any atom is 0.143 e. The van der Waals surface area contributed by atoms with Gasteiger partial charge in [0.1, 0.15) is 5.78 Å². The number of carbonyl (C=O) groups is 1. The number of benzene rings is 1. The van der Waals surface area contributed by atoms with Gasteiger partial charge < -0.3 is 0 Å². The lowest BCUT2D eigenvalue weighted by Gasteiger charge is -2.32. The number of para-hydroxylation sites is 1. The van der Waals surface area contributed by atoms with Crippen molar-refractivity contribution in [2.45, 2.75) is 45.4 Å². The molecule has 1 fully saturated rings. The third-order valence-corrected chi connectivity index (χ3v) is 4.72. The molecule has 0 bridgehead atoms. The van der Waals surface area contributed by atoms with Crippen LogP contribution in [0.25, 0.3) is 10.9 Å². The van der Waals surface area contributed by atoms with Crippen molar-refractivity contribution in [3.8, 4) is 0 Å². The van der Waals surface area contributed by atoms with E-state index in [1.165, 1.54) is 19.3 Å². The summed E-state index contributed by atoms with van der Waals surface area (Å²) < 4.78 is 0. The number of ketones is 1. The van der Waals surface area contributed by atoms with Crippen LogP contribution in [0.3, 0.4) is 0 Å². The fourth-order valence-corrected chi connectivity index (χ4v) is 3.31. The van der Waals surface area contributed by atoms with Crippen molar-refractivity contribution in [2.75, 3.05) is 0 Å². The number of carbonyl (C=O) groups excluding carboxylic acids is 1. The second kappa shape index (κ2) is 5.35. The summed E-state index contributed by atoms with van der Waals surface area (Å²) in [6.07, 6.45) is 8.12. The van der Waals surface area contributed by atoms with Crippen molar-refractivity contribution in [1.82, 2.24) is 4.98 Å². The first-order valence-electron chi connectivity index (χ1n) is 7.55. The molecule has 0 N–H and O–H groups in total. The molecule has 2 heteroatoms. The number of hydrogen-bond acceptors (Lipinski definition) is 2. The lowest BCUT2D eigenvalue weighted by Crippen LogP contribution is -2.31. The van der Waals surface area contributed by atoms with Crippen LogP contribution in [0.4, 0.5) is 0 Å². The summed E-state index contributed by atoms with van der Waals surface area (Å²) in [6.45, 7) is 2.15. The Balaban J connectivity index is 1.87. The highest BCUT2D eigenvalue weighted by Crippen LogP contribution is 2.37. The van der Waals surface area contributed by atoms with Gasteiger partial charge in [-0.25, -0.2) is 0 Å². The molecule has 1 heterocycles. The van der Waals surface area contributed by atoms with Crippen molar-refractivity contribution < 1.29 is 4.79 Å². The Labute approximate surface area is 120 Å². The summed E-state index contributed by atoms with van der Waals surface area (Å²) >= 11 is 0. The van der Waals surface area contributed by atoms with Crippen LogP contribution < -0.4 is 0 Å². The van der Waals surface area contributed by atoms with Gasteiger partial charge in [-0.15, -0.1) is 0 Å². The number of fused-ring (bicyclic) bond motifs is 1. The molecule has 3 rings (SSSR count). The summed E-state index contributed by atoms with van der Waals surface area (Å²) in [5.41, 5.74) is 1.99. The number of hydrogen-bond donors (Lipinski definition) is 0. The van der Waals surface area contributed by atoms with E-state index in [2.05, 4.69) is 18.0 Å². The molecule has 2 nitrogen and oxygen atoms in total. The Kier molecular flexibility index (Phi) is 3.56. The second-order valence-electron chi connectivity index (χ2n) is 6.21. The van der Waals surface area contributed by atoms with Crippen molar-refractivity contribution in [3.63, 3.8) is 0 Å². The molecule has 1 aromatic heterocycles. The third-order valence-electron chi connectivity index (χ3n) is 4.72. The Hall–Kier alpha value is -1.70. The van der Waals surface area contributed by atoms with E-state index in [4.69, 9.17) is 0 Å². The number of rotatable bonds is 3. The molecule has 1 aliphatic rings. The van der Waals surface area contributed by atoms with Gasteiger partial charge in [-0.3, -0.25) is 9.78 Å². The van der Waals surface area contributed by atoms with Crippen molar-refractivity contribution >= 4 is 16.7 Å². The summed E-state index contributed by atoms with van der Waals surface area (Å²) in [7, 11) is 0. The zero-order valence-corrected chi connectivity index (χ0v) is 12.1. The molecule has 2 aromatic rings. The van der Waals surface area contributed by atoms with Crippen LogP contribution in [0.5, 0.6) is 0 Å². The van der Waals surface area contributed by atoms with Gasteiger partial charge in [0.05, 0.1) is 5.52 Å². The third kappa shape index (κ3) is 2.47. The first-order chi connectivity index (χ1) is 9.69. The van der Waals surface area contributed by atoms with Crippen molar-refractivity contribution in [1.29, 1.82) is 0 Å².